The lowest BCUT2D eigenvalue weighted by molar-refractivity contribution is -0.117. The molecule has 0 saturated carbocycles. The fourth-order valence-electron chi connectivity index (χ4n) is 4.67. The molecule has 1 fully saturated rings. The number of hydrogen-bond donors (Lipinski definition) is 3. The van der Waals surface area contributed by atoms with Crippen LogP contribution in [0.15, 0.2) is 47.8 Å². The number of carbonyl (C=O) groups is 2. The lowest BCUT2D eigenvalue weighted by atomic mass is 9.84. The van der Waals surface area contributed by atoms with Crippen LogP contribution in [-0.2, 0) is 16.6 Å². The molecule has 2 heterocycles. The zero-order valence-corrected chi connectivity index (χ0v) is 20.8. The van der Waals surface area contributed by atoms with Gasteiger partial charge in [-0.15, -0.1) is 11.3 Å². The number of benzene rings is 2. The number of aliphatic hydroxyl groups excluding tert-OH is 1. The van der Waals surface area contributed by atoms with Crippen molar-refractivity contribution >= 4 is 34.0 Å². The van der Waals surface area contributed by atoms with Crippen LogP contribution < -0.4 is 15.5 Å². The quantitative estimate of drug-likeness (QED) is 0.466. The number of rotatable bonds is 7. The van der Waals surface area contributed by atoms with Crippen LogP contribution in [0.4, 0.5) is 10.8 Å². The molecule has 1 saturated heterocycles. The summed E-state index contributed by atoms with van der Waals surface area (Å²) in [7, 11) is 0. The van der Waals surface area contributed by atoms with Crippen LogP contribution in [0.1, 0.15) is 48.2 Å². The van der Waals surface area contributed by atoms with Gasteiger partial charge in [0.05, 0.1) is 12.3 Å². The lowest BCUT2D eigenvalue weighted by Crippen LogP contribution is -2.41. The second-order valence-electron chi connectivity index (χ2n) is 9.70. The topological polar surface area (TPSA) is 94.6 Å². The number of anilines is 2. The summed E-state index contributed by atoms with van der Waals surface area (Å²) in [5, 5.41) is 17.9. The maximum absolute atomic E-state index is 12.8. The van der Waals surface area contributed by atoms with Crippen LogP contribution in [0.5, 0.6) is 0 Å². The number of aryl methyl sites for hydroxylation is 1. The minimum absolute atomic E-state index is 0.0439. The van der Waals surface area contributed by atoms with Gasteiger partial charge >= 0.3 is 0 Å². The first-order chi connectivity index (χ1) is 16.9. The summed E-state index contributed by atoms with van der Waals surface area (Å²) in [4.78, 5) is 32.5. The van der Waals surface area contributed by atoms with Gasteiger partial charge < -0.3 is 20.6 Å². The number of aromatic nitrogens is 1. The van der Waals surface area contributed by atoms with Gasteiger partial charge in [-0.1, -0.05) is 25.1 Å². The van der Waals surface area contributed by atoms with Gasteiger partial charge in [0, 0.05) is 40.7 Å². The van der Waals surface area contributed by atoms with Crippen molar-refractivity contribution in [2.75, 3.05) is 29.9 Å². The Morgan fingerprint density at radius 3 is 2.80 bits per heavy atom. The summed E-state index contributed by atoms with van der Waals surface area (Å²) in [5.74, 6) is -0.639. The Hall–Kier alpha value is -3.23. The highest BCUT2D eigenvalue weighted by Crippen LogP contribution is 2.38. The van der Waals surface area contributed by atoms with Crippen molar-refractivity contribution in [2.45, 2.75) is 44.6 Å². The molecule has 5 rings (SSSR count). The summed E-state index contributed by atoms with van der Waals surface area (Å²) >= 11 is 1.36. The van der Waals surface area contributed by atoms with Crippen LogP contribution in [0.25, 0.3) is 11.3 Å². The molecule has 3 N–H and O–H groups in total. The number of nitrogens with one attached hydrogen (secondary N) is 2. The zero-order chi connectivity index (χ0) is 24.6. The van der Waals surface area contributed by atoms with Gasteiger partial charge in [0.1, 0.15) is 6.04 Å². The molecule has 0 spiro atoms. The molecule has 2 aromatic carbocycles. The summed E-state index contributed by atoms with van der Waals surface area (Å²) < 4.78 is 0. The molecule has 182 valence electrons. The van der Waals surface area contributed by atoms with Gasteiger partial charge in [0.25, 0.3) is 5.91 Å². The standard InChI is InChI=1S/C27H30N4O3S/c1-17(28-25(34)20-8-7-18-9-10-27(2,16-32)22(18)14-20)24(33)30-26-29-23(15-35-26)19-5-3-6-21(13-19)31-11-4-12-31/h3,5-8,13-15,17,32H,4,9-12,16H2,1-2H3,(H,28,34)(H,29,30,33)/t17-,27+/m0/s1. The minimum atomic E-state index is -0.734. The first-order valence-corrected chi connectivity index (χ1v) is 12.9. The van der Waals surface area contributed by atoms with Crippen molar-refractivity contribution in [1.82, 2.24) is 10.3 Å². The third kappa shape index (κ3) is 4.68. The van der Waals surface area contributed by atoms with Crippen LogP contribution in [0.2, 0.25) is 0 Å². The Kier molecular flexibility index (Phi) is 6.34. The third-order valence-electron chi connectivity index (χ3n) is 7.16. The Balaban J connectivity index is 1.22. The van der Waals surface area contributed by atoms with Crippen molar-refractivity contribution in [2.24, 2.45) is 0 Å². The van der Waals surface area contributed by atoms with Crippen molar-refractivity contribution in [1.29, 1.82) is 0 Å². The Morgan fingerprint density at radius 2 is 2.06 bits per heavy atom. The molecule has 1 aromatic heterocycles. The Labute approximate surface area is 209 Å². The van der Waals surface area contributed by atoms with E-state index in [4.69, 9.17) is 0 Å². The second kappa shape index (κ2) is 9.43. The summed E-state index contributed by atoms with van der Waals surface area (Å²) in [5.41, 5.74) is 5.36. The highest BCUT2D eigenvalue weighted by molar-refractivity contribution is 7.14. The number of aliphatic hydroxyl groups is 1. The first kappa shape index (κ1) is 23.5. The van der Waals surface area contributed by atoms with Gasteiger partial charge in [-0.05, 0) is 61.6 Å². The monoisotopic (exact) mass is 490 g/mol. The van der Waals surface area contributed by atoms with Crippen LogP contribution >= 0.6 is 11.3 Å². The normalized spacial score (nSPS) is 19.6. The van der Waals surface area contributed by atoms with Crippen LogP contribution in [0, 0.1) is 0 Å². The molecule has 1 aliphatic carbocycles. The molecule has 2 aliphatic rings. The fraction of sp³-hybridized carbons (Fsp3) is 0.370. The van der Waals surface area contributed by atoms with Crippen LogP contribution in [-0.4, -0.2) is 47.6 Å². The van der Waals surface area contributed by atoms with Gasteiger partial charge in [0.2, 0.25) is 5.91 Å². The summed E-state index contributed by atoms with van der Waals surface area (Å²) in [6.07, 6.45) is 2.98. The highest BCUT2D eigenvalue weighted by atomic mass is 32.1. The van der Waals surface area contributed by atoms with Crippen molar-refractivity contribution < 1.29 is 14.7 Å². The van der Waals surface area contributed by atoms with Gasteiger partial charge in [-0.25, -0.2) is 4.98 Å². The number of nitrogens with zero attached hydrogens (tertiary/aromatic N) is 2. The summed E-state index contributed by atoms with van der Waals surface area (Å²) in [6, 6.07) is 13.1. The van der Waals surface area contributed by atoms with E-state index in [1.165, 1.54) is 29.0 Å². The Morgan fingerprint density at radius 1 is 1.23 bits per heavy atom. The number of thiazole rings is 1. The molecule has 0 bridgehead atoms. The number of amides is 2. The predicted molar refractivity (Wildman–Crippen MR) is 139 cm³/mol. The van der Waals surface area contributed by atoms with E-state index < -0.39 is 6.04 Å². The Bertz CT molecular complexity index is 1270. The zero-order valence-electron chi connectivity index (χ0n) is 20.0. The number of hydrogen-bond acceptors (Lipinski definition) is 6. The van der Waals surface area contributed by atoms with E-state index in [1.54, 1.807) is 13.0 Å². The smallest absolute Gasteiger partial charge is 0.251 e. The van der Waals surface area contributed by atoms with Gasteiger partial charge in [-0.2, -0.15) is 0 Å². The molecule has 2 amide bonds. The van der Waals surface area contributed by atoms with Gasteiger partial charge in [-0.3, -0.25) is 9.59 Å². The molecule has 0 unspecified atom stereocenters. The van der Waals surface area contributed by atoms with Crippen molar-refractivity contribution in [3.05, 3.63) is 64.5 Å². The van der Waals surface area contributed by atoms with E-state index in [-0.39, 0.29) is 23.8 Å². The molecular weight excluding hydrogens is 460 g/mol. The van der Waals surface area contributed by atoms with Crippen LogP contribution in [0.3, 0.4) is 0 Å². The van der Waals surface area contributed by atoms with E-state index in [2.05, 4.69) is 32.7 Å². The molecule has 8 heteroatoms. The lowest BCUT2D eigenvalue weighted by Gasteiger charge is -2.33. The van der Waals surface area contributed by atoms with Crippen molar-refractivity contribution in [3.8, 4) is 11.3 Å². The molecule has 7 nitrogen and oxygen atoms in total. The number of fused-ring (bicyclic) bond motifs is 1. The third-order valence-corrected chi connectivity index (χ3v) is 7.91. The maximum Gasteiger partial charge on any atom is 0.251 e. The first-order valence-electron chi connectivity index (χ1n) is 12.0. The average Bonchev–Trinajstić information content (AvgIpc) is 3.43. The highest BCUT2D eigenvalue weighted by Gasteiger charge is 2.34. The number of carbonyl (C=O) groups excluding carboxylic acids is 2. The molecule has 2 atom stereocenters. The van der Waals surface area contributed by atoms with E-state index in [0.717, 1.165) is 42.8 Å². The predicted octanol–water partition coefficient (Wildman–Crippen LogP) is 3.97. The molecule has 1 aliphatic heterocycles. The van der Waals surface area contributed by atoms with E-state index in [9.17, 15) is 14.7 Å². The summed E-state index contributed by atoms with van der Waals surface area (Å²) in [6.45, 7) is 5.88. The molecule has 3 aromatic rings. The van der Waals surface area contributed by atoms with E-state index >= 15 is 0 Å². The van der Waals surface area contributed by atoms with Gasteiger partial charge in [0.15, 0.2) is 5.13 Å². The van der Waals surface area contributed by atoms with Crippen molar-refractivity contribution in [3.63, 3.8) is 0 Å². The van der Waals surface area contributed by atoms with E-state index in [0.29, 0.717) is 10.7 Å². The molecular formula is C27H30N4O3S. The molecule has 35 heavy (non-hydrogen) atoms. The average molecular weight is 491 g/mol. The largest absolute Gasteiger partial charge is 0.395 e. The second-order valence-corrected chi connectivity index (χ2v) is 10.6. The minimum Gasteiger partial charge on any atom is -0.395 e. The fourth-order valence-corrected chi connectivity index (χ4v) is 5.39. The molecule has 0 radical (unpaired) electrons. The maximum atomic E-state index is 12.8. The SMILES string of the molecule is C[C@H](NC(=O)c1ccc2c(c1)[C@@](C)(CO)CC2)C(=O)Nc1nc(-c2cccc(N3CCC3)c2)cs1. The van der Waals surface area contributed by atoms with E-state index in [1.807, 2.05) is 36.6 Å².